The lowest BCUT2D eigenvalue weighted by Crippen LogP contribution is -2.13. The van der Waals surface area contributed by atoms with Crippen molar-refractivity contribution in [1.29, 1.82) is 0 Å². The average Bonchev–Trinajstić information content (AvgIpc) is 3.09. The predicted octanol–water partition coefficient (Wildman–Crippen LogP) is 3.64. The molecule has 0 radical (unpaired) electrons. The maximum atomic E-state index is 13.8. The standard InChI is InChI=1S/C19H13ClFN3O2/c20-16-9-23-17(11-3-4-14(21)13(7-11)19(22)25)18(24-16)12-2-1-10-5-6-26-15(10)8-12/h1-4,7-9H,5-6H2,(H2,22,25). The van der Waals surface area contributed by atoms with Crippen LogP contribution in [0.3, 0.4) is 0 Å². The second-order valence-corrected chi connectivity index (χ2v) is 6.26. The maximum absolute atomic E-state index is 13.8. The molecule has 0 atom stereocenters. The van der Waals surface area contributed by atoms with Gasteiger partial charge in [-0.3, -0.25) is 9.78 Å². The normalized spacial score (nSPS) is 12.5. The Hall–Kier alpha value is -2.99. The minimum absolute atomic E-state index is 0.206. The molecular formula is C19H13ClFN3O2. The van der Waals surface area contributed by atoms with E-state index in [0.29, 0.717) is 23.6 Å². The van der Waals surface area contributed by atoms with E-state index < -0.39 is 11.7 Å². The molecule has 0 saturated carbocycles. The first-order chi connectivity index (χ1) is 12.5. The molecule has 2 N–H and O–H groups in total. The topological polar surface area (TPSA) is 78.1 Å². The van der Waals surface area contributed by atoms with Gasteiger partial charge in [0.2, 0.25) is 0 Å². The second-order valence-electron chi connectivity index (χ2n) is 5.87. The highest BCUT2D eigenvalue weighted by molar-refractivity contribution is 6.29. The number of rotatable bonds is 3. The van der Waals surface area contributed by atoms with Gasteiger partial charge in [-0.1, -0.05) is 23.7 Å². The summed E-state index contributed by atoms with van der Waals surface area (Å²) in [5, 5.41) is 0.224. The van der Waals surface area contributed by atoms with Crippen LogP contribution in [-0.4, -0.2) is 22.5 Å². The number of hydrogen-bond donors (Lipinski definition) is 1. The van der Waals surface area contributed by atoms with Crippen LogP contribution >= 0.6 is 11.6 Å². The van der Waals surface area contributed by atoms with E-state index in [9.17, 15) is 9.18 Å². The van der Waals surface area contributed by atoms with Crippen LogP contribution in [0.4, 0.5) is 4.39 Å². The van der Waals surface area contributed by atoms with E-state index in [-0.39, 0.29) is 10.7 Å². The maximum Gasteiger partial charge on any atom is 0.251 e. The molecule has 0 bridgehead atoms. The third kappa shape index (κ3) is 2.88. The van der Waals surface area contributed by atoms with Crippen LogP contribution in [0.1, 0.15) is 15.9 Å². The summed E-state index contributed by atoms with van der Waals surface area (Å²) in [4.78, 5) is 20.2. The Morgan fingerprint density at radius 1 is 1.15 bits per heavy atom. The van der Waals surface area contributed by atoms with Crippen molar-refractivity contribution in [3.8, 4) is 28.3 Å². The fraction of sp³-hybridized carbons (Fsp3) is 0.105. The third-order valence-electron chi connectivity index (χ3n) is 4.22. The molecule has 0 aliphatic carbocycles. The second kappa shape index (κ2) is 6.38. The first-order valence-electron chi connectivity index (χ1n) is 7.91. The van der Waals surface area contributed by atoms with Crippen molar-refractivity contribution in [2.45, 2.75) is 6.42 Å². The molecule has 1 aliphatic heterocycles. The van der Waals surface area contributed by atoms with Crippen molar-refractivity contribution in [2.75, 3.05) is 6.61 Å². The molecular weight excluding hydrogens is 357 g/mol. The van der Waals surface area contributed by atoms with Crippen molar-refractivity contribution < 1.29 is 13.9 Å². The number of fused-ring (bicyclic) bond motifs is 1. The van der Waals surface area contributed by atoms with Crippen LogP contribution in [0.2, 0.25) is 5.15 Å². The van der Waals surface area contributed by atoms with E-state index in [4.69, 9.17) is 22.1 Å². The van der Waals surface area contributed by atoms with E-state index in [1.165, 1.54) is 24.4 Å². The van der Waals surface area contributed by atoms with E-state index in [2.05, 4.69) is 9.97 Å². The van der Waals surface area contributed by atoms with Gasteiger partial charge in [-0.05, 0) is 29.8 Å². The summed E-state index contributed by atoms with van der Waals surface area (Å²) in [5.74, 6) is -0.735. The lowest BCUT2D eigenvalue weighted by molar-refractivity contribution is 0.0996. The first kappa shape index (κ1) is 16.5. The SMILES string of the molecule is NC(=O)c1cc(-c2ncc(Cl)nc2-c2ccc3c(c2)OCC3)ccc1F. The highest BCUT2D eigenvalue weighted by Gasteiger charge is 2.18. The molecule has 0 spiro atoms. The Morgan fingerprint density at radius 3 is 2.73 bits per heavy atom. The molecule has 0 fully saturated rings. The summed E-state index contributed by atoms with van der Waals surface area (Å²) in [6.45, 7) is 0.646. The Labute approximate surface area is 153 Å². The van der Waals surface area contributed by atoms with Gasteiger partial charge in [0.15, 0.2) is 0 Å². The van der Waals surface area contributed by atoms with Gasteiger partial charge in [0.05, 0.1) is 29.8 Å². The summed E-state index contributed by atoms with van der Waals surface area (Å²) < 4.78 is 19.4. The van der Waals surface area contributed by atoms with Crippen molar-refractivity contribution in [2.24, 2.45) is 5.73 Å². The molecule has 5 nitrogen and oxygen atoms in total. The molecule has 1 amide bonds. The number of carbonyl (C=O) groups is 1. The van der Waals surface area contributed by atoms with Crippen molar-refractivity contribution in [1.82, 2.24) is 9.97 Å². The van der Waals surface area contributed by atoms with Gasteiger partial charge in [0.25, 0.3) is 5.91 Å². The van der Waals surface area contributed by atoms with Gasteiger partial charge < -0.3 is 10.5 Å². The van der Waals surface area contributed by atoms with Gasteiger partial charge >= 0.3 is 0 Å². The Bertz CT molecular complexity index is 1040. The zero-order valence-corrected chi connectivity index (χ0v) is 14.3. The van der Waals surface area contributed by atoms with Crippen LogP contribution in [0, 0.1) is 5.82 Å². The molecule has 2 aromatic carbocycles. The smallest absolute Gasteiger partial charge is 0.251 e. The van der Waals surface area contributed by atoms with Gasteiger partial charge in [-0.25, -0.2) is 9.37 Å². The third-order valence-corrected chi connectivity index (χ3v) is 4.40. The molecule has 2 heterocycles. The number of ether oxygens (including phenoxy) is 1. The average molecular weight is 370 g/mol. The Kier molecular flexibility index (Phi) is 4.05. The number of primary amides is 1. The molecule has 130 valence electrons. The molecule has 3 aromatic rings. The minimum atomic E-state index is -0.848. The lowest BCUT2D eigenvalue weighted by Gasteiger charge is -2.11. The Balaban J connectivity index is 1.89. The highest BCUT2D eigenvalue weighted by atomic mass is 35.5. The number of carbonyl (C=O) groups excluding carboxylic acids is 1. The van der Waals surface area contributed by atoms with Crippen molar-refractivity contribution >= 4 is 17.5 Å². The van der Waals surface area contributed by atoms with Crippen LogP contribution in [0.15, 0.2) is 42.6 Å². The number of halogens is 2. The van der Waals surface area contributed by atoms with Crippen LogP contribution in [0.25, 0.3) is 22.5 Å². The summed E-state index contributed by atoms with van der Waals surface area (Å²) >= 11 is 6.04. The van der Waals surface area contributed by atoms with Gasteiger partial charge in [0.1, 0.15) is 16.7 Å². The van der Waals surface area contributed by atoms with Crippen LogP contribution in [-0.2, 0) is 6.42 Å². The van der Waals surface area contributed by atoms with E-state index >= 15 is 0 Å². The molecule has 0 saturated heterocycles. The van der Waals surface area contributed by atoms with Gasteiger partial charge in [0, 0.05) is 17.5 Å². The number of amides is 1. The number of benzene rings is 2. The van der Waals surface area contributed by atoms with Gasteiger partial charge in [-0.15, -0.1) is 0 Å². The van der Waals surface area contributed by atoms with E-state index in [1.807, 2.05) is 18.2 Å². The number of hydrogen-bond acceptors (Lipinski definition) is 4. The fourth-order valence-electron chi connectivity index (χ4n) is 2.96. The molecule has 0 unspecified atom stereocenters. The molecule has 7 heteroatoms. The summed E-state index contributed by atoms with van der Waals surface area (Å²) in [5.41, 5.74) is 8.42. The monoisotopic (exact) mass is 369 g/mol. The Morgan fingerprint density at radius 2 is 1.92 bits per heavy atom. The van der Waals surface area contributed by atoms with E-state index in [1.54, 1.807) is 0 Å². The number of nitrogens with zero attached hydrogens (tertiary/aromatic N) is 2. The first-order valence-corrected chi connectivity index (χ1v) is 8.29. The van der Waals surface area contributed by atoms with Crippen LogP contribution < -0.4 is 10.5 Å². The fourth-order valence-corrected chi connectivity index (χ4v) is 3.09. The number of aromatic nitrogens is 2. The zero-order chi connectivity index (χ0) is 18.3. The zero-order valence-electron chi connectivity index (χ0n) is 13.5. The summed E-state index contributed by atoms with van der Waals surface area (Å²) in [6.07, 6.45) is 2.27. The minimum Gasteiger partial charge on any atom is -0.493 e. The molecule has 1 aromatic heterocycles. The summed E-state index contributed by atoms with van der Waals surface area (Å²) in [7, 11) is 0. The number of nitrogens with two attached hydrogens (primary N) is 1. The highest BCUT2D eigenvalue weighted by Crippen LogP contribution is 2.35. The largest absolute Gasteiger partial charge is 0.493 e. The van der Waals surface area contributed by atoms with E-state index in [0.717, 1.165) is 23.3 Å². The van der Waals surface area contributed by atoms with Crippen molar-refractivity contribution in [3.63, 3.8) is 0 Å². The molecule has 26 heavy (non-hydrogen) atoms. The molecule has 4 rings (SSSR count). The summed E-state index contributed by atoms with van der Waals surface area (Å²) in [6, 6.07) is 9.83. The van der Waals surface area contributed by atoms with Crippen LogP contribution in [0.5, 0.6) is 5.75 Å². The lowest BCUT2D eigenvalue weighted by atomic mass is 10.0. The predicted molar refractivity (Wildman–Crippen MR) is 95.6 cm³/mol. The van der Waals surface area contributed by atoms with Crippen molar-refractivity contribution in [3.05, 3.63) is 64.7 Å². The van der Waals surface area contributed by atoms with Gasteiger partial charge in [-0.2, -0.15) is 0 Å². The molecule has 1 aliphatic rings. The quantitative estimate of drug-likeness (QED) is 0.764.